The van der Waals surface area contributed by atoms with Gasteiger partial charge in [-0.15, -0.1) is 48.8 Å². The number of hydrogen-bond acceptors (Lipinski definition) is 4. The molecule has 0 nitrogen and oxygen atoms in total. The Morgan fingerprint density at radius 1 is 0.857 bits per heavy atom. The minimum atomic E-state index is 0.574. The lowest BCUT2D eigenvalue weighted by Crippen LogP contribution is -1.86. The van der Waals surface area contributed by atoms with Crippen LogP contribution in [0.3, 0.4) is 0 Å². The number of thioether (sulfide) groups is 2. The Balaban J connectivity index is 0. The molecule has 0 N–H and O–H groups in total. The van der Waals surface area contributed by atoms with Crippen LogP contribution in [0.1, 0.15) is 27.7 Å². The van der Waals surface area contributed by atoms with Gasteiger partial charge in [0.15, 0.2) is 0 Å². The highest BCUT2D eigenvalue weighted by Crippen LogP contribution is 2.13. The van der Waals surface area contributed by atoms with Crippen LogP contribution in [0, 0.1) is 0 Å². The van der Waals surface area contributed by atoms with Crippen molar-refractivity contribution in [1.29, 1.82) is 0 Å². The van der Waals surface area contributed by atoms with Crippen LogP contribution in [0.25, 0.3) is 0 Å². The van der Waals surface area contributed by atoms with Crippen molar-refractivity contribution in [2.75, 3.05) is 0 Å². The topological polar surface area (TPSA) is 0 Å². The molecule has 0 aliphatic carbocycles. The van der Waals surface area contributed by atoms with E-state index in [1.165, 1.54) is 0 Å². The van der Waals surface area contributed by atoms with E-state index < -0.39 is 0 Å². The van der Waals surface area contributed by atoms with Crippen LogP contribution in [0.4, 0.5) is 0 Å². The summed E-state index contributed by atoms with van der Waals surface area (Å²) in [5, 5.41) is 1.15. The summed E-state index contributed by atoms with van der Waals surface area (Å²) in [4.78, 5) is 0. The summed E-state index contributed by atoms with van der Waals surface area (Å²) in [7, 11) is 0. The van der Waals surface area contributed by atoms with Crippen LogP contribution >= 0.6 is 73.2 Å². The molecule has 0 atom stereocenters. The van der Waals surface area contributed by atoms with E-state index in [0.29, 0.717) is 10.5 Å². The van der Waals surface area contributed by atoms with Gasteiger partial charge in [-0.3, -0.25) is 0 Å². The molecule has 0 aromatic heterocycles. The quantitative estimate of drug-likeness (QED) is 0.561. The van der Waals surface area contributed by atoms with Gasteiger partial charge in [0.05, 0.1) is 0 Å². The Kier molecular flexibility index (Phi) is 14.2. The maximum atomic E-state index is 4.70. The second-order valence-corrected chi connectivity index (χ2v) is 9.48. The predicted octanol–water partition coefficient (Wildman–Crippen LogP) is 4.69. The van der Waals surface area contributed by atoms with Crippen LogP contribution in [-0.4, -0.2) is 17.6 Å². The molecule has 0 unspecified atom stereocenters. The predicted molar refractivity (Wildman–Crippen MR) is 88.6 cm³/mol. The fourth-order valence-electron chi connectivity index (χ4n) is 0.403. The van der Waals surface area contributed by atoms with Crippen LogP contribution in [0.2, 0.25) is 0 Å². The zero-order valence-corrected chi connectivity index (χ0v) is 13.7. The molecule has 0 spiro atoms. The minimum absolute atomic E-state index is 0.574. The van der Waals surface area contributed by atoms with E-state index in [1.807, 2.05) is 0 Å². The maximum Gasteiger partial charge on any atom is 0.101 e. The second-order valence-electron chi connectivity index (χ2n) is 2.87. The van der Waals surface area contributed by atoms with E-state index in [9.17, 15) is 0 Å². The van der Waals surface area contributed by atoms with Gasteiger partial charge in [0.2, 0.25) is 0 Å². The third kappa shape index (κ3) is 23.4. The van der Waals surface area contributed by atoms with Gasteiger partial charge >= 0.3 is 0 Å². The summed E-state index contributed by atoms with van der Waals surface area (Å²) < 4.78 is 1.46. The third-order valence-corrected chi connectivity index (χ3v) is 3.23. The summed E-state index contributed by atoms with van der Waals surface area (Å²) in [5.41, 5.74) is 0. The van der Waals surface area contributed by atoms with Gasteiger partial charge < -0.3 is 0 Å². The minimum Gasteiger partial charge on any atom is -0.125 e. The Morgan fingerprint density at radius 2 is 1.07 bits per heavy atom. The standard InChI is InChI=1S/2C4H8S3/c2*1-3(2)7-4(5)6/h2*3H,1-2H3,(H,5,6). The van der Waals surface area contributed by atoms with Gasteiger partial charge in [-0.2, -0.15) is 0 Å². The van der Waals surface area contributed by atoms with Crippen molar-refractivity contribution >= 4 is 80.3 Å². The Bertz CT molecular complexity index is 155. The number of thiol groups is 2. The van der Waals surface area contributed by atoms with Gasteiger partial charge in [0.25, 0.3) is 0 Å². The average Bonchev–Trinajstić information content (AvgIpc) is 1.79. The highest BCUT2D eigenvalue weighted by molar-refractivity contribution is 8.42. The van der Waals surface area contributed by atoms with Crippen molar-refractivity contribution < 1.29 is 0 Å². The van der Waals surface area contributed by atoms with Crippen molar-refractivity contribution in [3.63, 3.8) is 0 Å². The van der Waals surface area contributed by atoms with E-state index in [1.54, 1.807) is 23.5 Å². The van der Waals surface area contributed by atoms with Gasteiger partial charge in [0.1, 0.15) is 7.06 Å². The summed E-state index contributed by atoms with van der Waals surface area (Å²) in [6.45, 7) is 8.36. The van der Waals surface area contributed by atoms with E-state index in [2.05, 4.69) is 53.0 Å². The summed E-state index contributed by atoms with van der Waals surface area (Å²) in [5.74, 6) is 0. The molecule has 0 radical (unpaired) electrons. The van der Waals surface area contributed by atoms with Gasteiger partial charge in [-0.1, -0.05) is 52.1 Å². The Morgan fingerprint density at radius 3 is 1.07 bits per heavy atom. The molecule has 6 heteroatoms. The molecule has 0 fully saturated rings. The lowest BCUT2D eigenvalue weighted by Gasteiger charge is -1.97. The summed E-state index contributed by atoms with van der Waals surface area (Å²) in [6.07, 6.45) is 0. The molecule has 0 saturated heterocycles. The molecule has 0 aromatic rings. The molecule has 0 aromatic carbocycles. The molecule has 0 amide bonds. The largest absolute Gasteiger partial charge is 0.125 e. The first kappa shape index (κ1) is 18.0. The highest BCUT2D eigenvalue weighted by Gasteiger charge is 1.93. The fourth-order valence-corrected chi connectivity index (χ4v) is 3.63. The summed E-state index contributed by atoms with van der Waals surface area (Å²) in [6, 6.07) is 0. The lowest BCUT2D eigenvalue weighted by molar-refractivity contribution is 1.12. The van der Waals surface area contributed by atoms with Crippen LogP contribution < -0.4 is 0 Å². The van der Waals surface area contributed by atoms with E-state index in [0.717, 1.165) is 7.06 Å². The molecule has 0 saturated carbocycles. The SMILES string of the molecule is CC(C)SC(=S)S.CC(C)SC(=S)S. The normalized spacial score (nSPS) is 9.71. The van der Waals surface area contributed by atoms with E-state index in [-0.39, 0.29) is 0 Å². The highest BCUT2D eigenvalue weighted by atomic mass is 32.2. The van der Waals surface area contributed by atoms with Crippen LogP contribution in [0.15, 0.2) is 0 Å². The van der Waals surface area contributed by atoms with Gasteiger partial charge in [-0.25, -0.2) is 0 Å². The van der Waals surface area contributed by atoms with Gasteiger partial charge in [0, 0.05) is 10.5 Å². The Labute approximate surface area is 118 Å². The fraction of sp³-hybridized carbons (Fsp3) is 0.750. The second kappa shape index (κ2) is 11.1. The first-order chi connectivity index (χ1) is 6.25. The lowest BCUT2D eigenvalue weighted by atomic mass is 10.6. The first-order valence-electron chi connectivity index (χ1n) is 4.04. The maximum absolute atomic E-state index is 4.70. The third-order valence-electron chi connectivity index (χ3n) is 0.673. The van der Waals surface area contributed by atoms with E-state index >= 15 is 0 Å². The molecule has 0 aliphatic heterocycles. The number of rotatable bonds is 2. The number of hydrogen-bond donors (Lipinski definition) is 2. The molecule has 0 bridgehead atoms. The van der Waals surface area contributed by atoms with Crippen LogP contribution in [-0.2, 0) is 0 Å². The van der Waals surface area contributed by atoms with Crippen molar-refractivity contribution in [2.45, 2.75) is 38.2 Å². The molecule has 84 valence electrons. The average molecular weight is 305 g/mol. The van der Waals surface area contributed by atoms with Crippen molar-refractivity contribution in [1.82, 2.24) is 0 Å². The molecule has 0 rings (SSSR count). The zero-order valence-electron chi connectivity index (χ0n) is 8.68. The molecule has 0 heterocycles. The van der Waals surface area contributed by atoms with Crippen molar-refractivity contribution in [2.24, 2.45) is 0 Å². The molecule has 14 heavy (non-hydrogen) atoms. The number of thiocarbonyl (C=S) groups is 2. The van der Waals surface area contributed by atoms with Crippen LogP contribution in [0.5, 0.6) is 0 Å². The Hall–Kier alpha value is 1.58. The molecular weight excluding hydrogens is 288 g/mol. The monoisotopic (exact) mass is 304 g/mol. The first-order valence-corrected chi connectivity index (χ1v) is 7.51. The molecular formula is C8H16S6. The van der Waals surface area contributed by atoms with Crippen molar-refractivity contribution in [3.8, 4) is 0 Å². The van der Waals surface area contributed by atoms with E-state index in [4.69, 9.17) is 24.4 Å². The van der Waals surface area contributed by atoms with Crippen molar-refractivity contribution in [3.05, 3.63) is 0 Å². The zero-order chi connectivity index (χ0) is 11.7. The summed E-state index contributed by atoms with van der Waals surface area (Å²) >= 11 is 20.5. The van der Waals surface area contributed by atoms with Gasteiger partial charge in [-0.05, 0) is 0 Å². The molecule has 0 aliphatic rings. The smallest absolute Gasteiger partial charge is 0.101 e.